The van der Waals surface area contributed by atoms with Gasteiger partial charge in [-0.15, -0.1) is 10.2 Å². The summed E-state index contributed by atoms with van der Waals surface area (Å²) < 4.78 is 33.2. The number of likely N-dealkylation sites (tertiary alicyclic amines) is 1. The predicted octanol–water partition coefficient (Wildman–Crippen LogP) is 2.48. The van der Waals surface area contributed by atoms with Crippen LogP contribution in [0.2, 0.25) is 0 Å². The average Bonchev–Trinajstić information content (AvgIpc) is 3.11. The number of aromatic nitrogens is 4. The lowest BCUT2D eigenvalue weighted by atomic mass is 10.1. The van der Waals surface area contributed by atoms with Crippen LogP contribution in [-0.2, 0) is 4.79 Å². The summed E-state index contributed by atoms with van der Waals surface area (Å²) in [4.78, 5) is 21.3. The number of amides is 1. The van der Waals surface area contributed by atoms with Gasteiger partial charge in [0, 0.05) is 25.2 Å². The van der Waals surface area contributed by atoms with Gasteiger partial charge in [0.05, 0.1) is 12.7 Å². The van der Waals surface area contributed by atoms with E-state index in [-0.39, 0.29) is 30.0 Å². The first-order valence-corrected chi connectivity index (χ1v) is 7.63. The number of carbonyl (C=O) groups is 1. The van der Waals surface area contributed by atoms with E-state index < -0.39 is 24.9 Å². The highest BCUT2D eigenvalue weighted by molar-refractivity contribution is 5.77. The average molecular weight is 337 g/mol. The molecule has 2 aromatic rings. The molecule has 1 saturated heterocycles. The molecule has 0 N–H and O–H groups in total. The summed E-state index contributed by atoms with van der Waals surface area (Å²) in [5, 5.41) is 7.67. The van der Waals surface area contributed by atoms with E-state index in [9.17, 15) is 13.6 Å². The van der Waals surface area contributed by atoms with Crippen LogP contribution < -0.4 is 0 Å². The molecule has 0 unspecified atom stereocenters. The number of carbonyl (C=O) groups excluding carboxylic acids is 1. The van der Waals surface area contributed by atoms with Crippen LogP contribution in [0.5, 0.6) is 0 Å². The van der Waals surface area contributed by atoms with Crippen molar-refractivity contribution in [3.8, 4) is 11.6 Å². The zero-order valence-corrected chi connectivity index (χ0v) is 13.3. The molecule has 0 bridgehead atoms. The summed E-state index contributed by atoms with van der Waals surface area (Å²) in [6.45, 7) is 3.09. The Morgan fingerprint density at radius 3 is 2.88 bits per heavy atom. The molecule has 3 heterocycles. The molecule has 3 rings (SSSR count). The molecule has 128 valence electrons. The van der Waals surface area contributed by atoms with E-state index in [0.717, 1.165) is 4.90 Å². The van der Waals surface area contributed by atoms with Crippen molar-refractivity contribution >= 4 is 5.91 Å². The van der Waals surface area contributed by atoms with Gasteiger partial charge < -0.3 is 9.32 Å². The van der Waals surface area contributed by atoms with Crippen LogP contribution in [0.15, 0.2) is 23.0 Å². The topological polar surface area (TPSA) is 85.0 Å². The van der Waals surface area contributed by atoms with Crippen molar-refractivity contribution in [1.29, 1.82) is 0 Å². The number of hydrogen-bond acceptors (Lipinski definition) is 6. The maximum atomic E-state index is 13.9. The van der Waals surface area contributed by atoms with Crippen LogP contribution in [0.4, 0.5) is 8.78 Å². The molecule has 9 heteroatoms. The zero-order valence-electron chi connectivity index (χ0n) is 13.3. The third kappa shape index (κ3) is 3.39. The Bertz CT molecular complexity index is 720. The minimum Gasteiger partial charge on any atom is -0.417 e. The largest absolute Gasteiger partial charge is 0.417 e. The van der Waals surface area contributed by atoms with Crippen LogP contribution in [-0.4, -0.2) is 43.4 Å². The Hall–Kier alpha value is -2.45. The van der Waals surface area contributed by atoms with Crippen molar-refractivity contribution < 1.29 is 18.0 Å². The molecule has 1 fully saturated rings. The van der Waals surface area contributed by atoms with Gasteiger partial charge in [-0.1, -0.05) is 13.8 Å². The molecule has 1 aliphatic rings. The Kier molecular flexibility index (Phi) is 4.25. The Morgan fingerprint density at radius 1 is 1.42 bits per heavy atom. The quantitative estimate of drug-likeness (QED) is 0.852. The minimum atomic E-state index is -2.97. The van der Waals surface area contributed by atoms with E-state index in [4.69, 9.17) is 4.42 Å². The Balaban J connectivity index is 1.86. The molecule has 1 amide bonds. The van der Waals surface area contributed by atoms with Gasteiger partial charge in [0.1, 0.15) is 11.7 Å². The Labute approximate surface area is 137 Å². The van der Waals surface area contributed by atoms with Gasteiger partial charge in [0.25, 0.3) is 11.8 Å². The van der Waals surface area contributed by atoms with E-state index in [1.165, 1.54) is 18.6 Å². The number of rotatable bonds is 4. The number of hydrogen-bond donors (Lipinski definition) is 0. The maximum Gasteiger partial charge on any atom is 0.267 e. The third-order valence-corrected chi connectivity index (χ3v) is 3.68. The maximum absolute atomic E-state index is 13.9. The van der Waals surface area contributed by atoms with E-state index in [1.807, 2.05) is 13.8 Å². The highest BCUT2D eigenvalue weighted by atomic mass is 19.3. The van der Waals surface area contributed by atoms with E-state index in [2.05, 4.69) is 20.2 Å². The molecule has 2 aromatic heterocycles. The van der Waals surface area contributed by atoms with Crippen molar-refractivity contribution in [2.24, 2.45) is 5.92 Å². The van der Waals surface area contributed by atoms with E-state index in [1.54, 1.807) is 0 Å². The molecule has 24 heavy (non-hydrogen) atoms. The first-order chi connectivity index (χ1) is 11.4. The first kappa shape index (κ1) is 16.4. The summed E-state index contributed by atoms with van der Waals surface area (Å²) in [5.41, 5.74) is 0.348. The molecule has 0 aliphatic carbocycles. The minimum absolute atomic E-state index is 0.00932. The van der Waals surface area contributed by atoms with Crippen LogP contribution in [0.3, 0.4) is 0 Å². The van der Waals surface area contributed by atoms with Gasteiger partial charge in [-0.3, -0.25) is 9.78 Å². The molecule has 0 saturated carbocycles. The van der Waals surface area contributed by atoms with Gasteiger partial charge in [0.2, 0.25) is 11.8 Å². The van der Waals surface area contributed by atoms with Crippen molar-refractivity contribution in [3.63, 3.8) is 0 Å². The zero-order chi connectivity index (χ0) is 17.3. The van der Waals surface area contributed by atoms with Crippen LogP contribution in [0.25, 0.3) is 11.6 Å². The fourth-order valence-corrected chi connectivity index (χ4v) is 2.65. The molecular formula is C15H17F2N5O2. The monoisotopic (exact) mass is 337 g/mol. The van der Waals surface area contributed by atoms with E-state index in [0.29, 0.717) is 5.69 Å². The molecular weight excluding hydrogens is 320 g/mol. The van der Waals surface area contributed by atoms with Crippen molar-refractivity contribution in [2.45, 2.75) is 38.7 Å². The lowest BCUT2D eigenvalue weighted by Gasteiger charge is -2.22. The van der Waals surface area contributed by atoms with Gasteiger partial charge in [0.15, 0.2) is 0 Å². The second-order valence-electron chi connectivity index (χ2n) is 6.23. The number of nitrogens with zero attached hydrogens (tertiary/aromatic N) is 5. The molecule has 1 aliphatic heterocycles. The summed E-state index contributed by atoms with van der Waals surface area (Å²) in [6, 6.07) is -0.927. The van der Waals surface area contributed by atoms with Gasteiger partial charge in [-0.2, -0.15) is 0 Å². The number of alkyl halides is 2. The summed E-state index contributed by atoms with van der Waals surface area (Å²) in [7, 11) is 0. The van der Waals surface area contributed by atoms with Crippen molar-refractivity contribution in [1.82, 2.24) is 25.1 Å². The van der Waals surface area contributed by atoms with E-state index >= 15 is 0 Å². The molecule has 7 nitrogen and oxygen atoms in total. The smallest absolute Gasteiger partial charge is 0.267 e. The standard InChI is InChI=1S/C15H17F2N5O2/c1-9(2)5-12(23)22-8-15(16,17)6-11(22)14-21-20-13(24-14)10-7-18-3-4-19-10/h3-4,7,9,11H,5-6,8H2,1-2H3/t11-/m0/s1. The second kappa shape index (κ2) is 6.21. The SMILES string of the molecule is CC(C)CC(=O)N1CC(F)(F)C[C@H]1c1nnc(-c2cnccn2)o1. The Morgan fingerprint density at radius 2 is 2.21 bits per heavy atom. The highest BCUT2D eigenvalue weighted by Gasteiger charge is 2.49. The summed E-state index contributed by atoms with van der Waals surface area (Å²) in [6.07, 6.45) is 4.05. The first-order valence-electron chi connectivity index (χ1n) is 7.63. The lowest BCUT2D eigenvalue weighted by molar-refractivity contribution is -0.134. The predicted molar refractivity (Wildman–Crippen MR) is 78.8 cm³/mol. The normalized spacial score (nSPS) is 19.9. The van der Waals surface area contributed by atoms with Gasteiger partial charge >= 0.3 is 0 Å². The van der Waals surface area contributed by atoms with Crippen molar-refractivity contribution in [2.75, 3.05) is 6.54 Å². The molecule has 0 aromatic carbocycles. The van der Waals surface area contributed by atoms with Gasteiger partial charge in [-0.05, 0) is 5.92 Å². The highest BCUT2D eigenvalue weighted by Crippen LogP contribution is 2.41. The van der Waals surface area contributed by atoms with Crippen LogP contribution in [0.1, 0.15) is 38.6 Å². The fraction of sp³-hybridized carbons (Fsp3) is 0.533. The van der Waals surface area contributed by atoms with Gasteiger partial charge in [-0.25, -0.2) is 13.8 Å². The molecule has 0 radical (unpaired) electrons. The summed E-state index contributed by atoms with van der Waals surface area (Å²) >= 11 is 0. The number of halogens is 2. The van der Waals surface area contributed by atoms with Crippen molar-refractivity contribution in [3.05, 3.63) is 24.5 Å². The van der Waals surface area contributed by atoms with Crippen LogP contribution >= 0.6 is 0 Å². The summed E-state index contributed by atoms with van der Waals surface area (Å²) in [5.74, 6) is -3.16. The third-order valence-electron chi connectivity index (χ3n) is 3.68. The molecule has 1 atom stereocenters. The fourth-order valence-electron chi connectivity index (χ4n) is 2.65. The second-order valence-corrected chi connectivity index (χ2v) is 6.23. The molecule has 0 spiro atoms. The lowest BCUT2D eigenvalue weighted by Crippen LogP contribution is -2.33. The van der Waals surface area contributed by atoms with Crippen LogP contribution in [0, 0.1) is 5.92 Å².